The zero-order chi connectivity index (χ0) is 23.8. The number of nitrogens with zero attached hydrogens (tertiary/aromatic N) is 4. The van der Waals surface area contributed by atoms with Crippen molar-refractivity contribution in [3.63, 3.8) is 0 Å². The zero-order valence-corrected chi connectivity index (χ0v) is 18.4. The molecule has 0 aliphatic heterocycles. The number of thiophene rings is 1. The molecule has 0 radical (unpaired) electrons. The minimum Gasteiger partial charge on any atom is -0.267 e. The molecule has 168 valence electrons. The third-order valence-electron chi connectivity index (χ3n) is 4.44. The molecule has 0 aliphatic rings. The van der Waals surface area contributed by atoms with Gasteiger partial charge in [0.15, 0.2) is 0 Å². The monoisotopic (exact) mass is 490 g/mol. The van der Waals surface area contributed by atoms with Crippen LogP contribution < -0.4 is 5.01 Å². The fourth-order valence-electron chi connectivity index (χ4n) is 2.87. The third kappa shape index (κ3) is 4.91. The minimum atomic E-state index is -4.62. The number of hydrazone groups is 1. The van der Waals surface area contributed by atoms with Gasteiger partial charge >= 0.3 is 11.2 Å². The normalized spacial score (nSPS) is 11.9. The molecule has 0 aliphatic carbocycles. The van der Waals surface area contributed by atoms with Crippen LogP contribution in [0.25, 0.3) is 10.2 Å². The second-order valence-corrected chi connectivity index (χ2v) is 8.94. The molecule has 33 heavy (non-hydrogen) atoms. The van der Waals surface area contributed by atoms with Crippen molar-refractivity contribution in [3.8, 4) is 0 Å². The Labute approximate surface area is 192 Å². The fraction of sp³-hybridized carbons (Fsp3) is 0.0952. The topological polar surface area (TPSA) is 88.7 Å². The smallest absolute Gasteiger partial charge is 0.267 e. The van der Waals surface area contributed by atoms with Crippen LogP contribution in [0.2, 0.25) is 0 Å². The average Bonchev–Trinajstić information content (AvgIpc) is 3.40. The molecule has 0 atom stereocenters. The number of benzene rings is 2. The van der Waals surface area contributed by atoms with Crippen LogP contribution in [0, 0.1) is 17.0 Å². The molecule has 4 rings (SSSR count). The molecule has 2 aromatic heterocycles. The first kappa shape index (κ1) is 22.6. The summed E-state index contributed by atoms with van der Waals surface area (Å²) in [6, 6.07) is 12.3. The summed E-state index contributed by atoms with van der Waals surface area (Å²) in [5.74, 6) is -0.820. The summed E-state index contributed by atoms with van der Waals surface area (Å²) < 4.78 is 40.2. The van der Waals surface area contributed by atoms with Gasteiger partial charge in [-0.1, -0.05) is 34.8 Å². The maximum atomic E-state index is 13.2. The van der Waals surface area contributed by atoms with Crippen molar-refractivity contribution in [1.29, 1.82) is 0 Å². The molecule has 0 fully saturated rings. The Morgan fingerprint density at radius 2 is 1.94 bits per heavy atom. The van der Waals surface area contributed by atoms with Crippen molar-refractivity contribution in [3.05, 3.63) is 86.3 Å². The fourth-order valence-corrected chi connectivity index (χ4v) is 4.58. The van der Waals surface area contributed by atoms with E-state index >= 15 is 0 Å². The van der Waals surface area contributed by atoms with E-state index < -0.39 is 22.6 Å². The van der Waals surface area contributed by atoms with E-state index in [0.717, 1.165) is 56.1 Å². The highest BCUT2D eigenvalue weighted by atomic mass is 32.1. The van der Waals surface area contributed by atoms with E-state index in [1.54, 1.807) is 6.07 Å². The Morgan fingerprint density at radius 1 is 1.15 bits per heavy atom. The van der Waals surface area contributed by atoms with Crippen LogP contribution in [0.15, 0.2) is 59.7 Å². The van der Waals surface area contributed by atoms with Crippen molar-refractivity contribution in [2.75, 3.05) is 5.01 Å². The number of amides is 1. The summed E-state index contributed by atoms with van der Waals surface area (Å²) in [4.78, 5) is 28.4. The molecular weight excluding hydrogens is 477 g/mol. The van der Waals surface area contributed by atoms with Gasteiger partial charge in [0.1, 0.15) is 0 Å². The second kappa shape index (κ2) is 8.71. The first-order chi connectivity index (χ1) is 15.6. The van der Waals surface area contributed by atoms with Crippen molar-refractivity contribution < 1.29 is 22.9 Å². The van der Waals surface area contributed by atoms with Gasteiger partial charge in [0, 0.05) is 11.6 Å². The number of carbonyl (C=O) groups excluding carboxylic acids is 1. The van der Waals surface area contributed by atoms with Crippen molar-refractivity contribution in [2.45, 2.75) is 13.1 Å². The van der Waals surface area contributed by atoms with E-state index in [1.807, 2.05) is 19.1 Å². The lowest BCUT2D eigenvalue weighted by Crippen LogP contribution is -2.26. The number of halogens is 3. The van der Waals surface area contributed by atoms with Gasteiger partial charge in [-0.3, -0.25) is 14.9 Å². The molecule has 4 aromatic rings. The molecule has 12 heteroatoms. The molecule has 2 aromatic carbocycles. The Kier molecular flexibility index (Phi) is 5.95. The molecule has 0 unspecified atom stereocenters. The predicted octanol–water partition coefficient (Wildman–Crippen LogP) is 6.27. The first-order valence-corrected chi connectivity index (χ1v) is 10.9. The summed E-state index contributed by atoms with van der Waals surface area (Å²) in [6.07, 6.45) is -3.38. The van der Waals surface area contributed by atoms with Crippen molar-refractivity contribution in [2.24, 2.45) is 5.10 Å². The summed E-state index contributed by atoms with van der Waals surface area (Å²) in [5.41, 5.74) is 0.382. The van der Waals surface area contributed by atoms with Crippen LogP contribution >= 0.6 is 22.7 Å². The van der Waals surface area contributed by atoms with Gasteiger partial charge in [0.25, 0.3) is 5.91 Å². The van der Waals surface area contributed by atoms with Crippen LogP contribution in [0.1, 0.15) is 26.4 Å². The molecule has 0 bridgehead atoms. The highest BCUT2D eigenvalue weighted by molar-refractivity contribution is 7.22. The van der Waals surface area contributed by atoms with Gasteiger partial charge in [-0.15, -0.1) is 0 Å². The lowest BCUT2D eigenvalue weighted by atomic mass is 10.1. The number of aryl methyl sites for hydroxylation is 1. The molecule has 7 nitrogen and oxygen atoms in total. The number of rotatable bonds is 5. The van der Waals surface area contributed by atoms with E-state index in [4.69, 9.17) is 0 Å². The third-order valence-corrected chi connectivity index (χ3v) is 6.40. The van der Waals surface area contributed by atoms with Crippen LogP contribution in [0.5, 0.6) is 0 Å². The van der Waals surface area contributed by atoms with Crippen molar-refractivity contribution >= 4 is 55.1 Å². The number of aromatic nitrogens is 1. The summed E-state index contributed by atoms with van der Waals surface area (Å²) in [6.45, 7) is 1.90. The predicted molar refractivity (Wildman–Crippen MR) is 121 cm³/mol. The number of anilines is 1. The number of carbonyl (C=O) groups is 1. The average molecular weight is 490 g/mol. The van der Waals surface area contributed by atoms with Crippen LogP contribution in [-0.4, -0.2) is 22.0 Å². The Balaban J connectivity index is 1.76. The molecular formula is C21H13F3N4O3S2. The quantitative estimate of drug-likeness (QED) is 0.187. The van der Waals surface area contributed by atoms with Crippen LogP contribution in [0.4, 0.5) is 23.3 Å². The van der Waals surface area contributed by atoms with Gasteiger partial charge in [0.2, 0.25) is 5.13 Å². The van der Waals surface area contributed by atoms with Gasteiger partial charge in [-0.2, -0.15) is 23.3 Å². The first-order valence-electron chi connectivity index (χ1n) is 9.29. The van der Waals surface area contributed by atoms with E-state index in [0.29, 0.717) is 10.4 Å². The number of hydrogen-bond donors (Lipinski definition) is 0. The van der Waals surface area contributed by atoms with E-state index in [-0.39, 0.29) is 15.7 Å². The van der Waals surface area contributed by atoms with Gasteiger partial charge in [0.05, 0.1) is 31.8 Å². The van der Waals surface area contributed by atoms with Crippen LogP contribution in [-0.2, 0) is 6.18 Å². The zero-order valence-electron chi connectivity index (χ0n) is 16.7. The molecule has 0 saturated carbocycles. The van der Waals surface area contributed by atoms with Gasteiger partial charge in [-0.05, 0) is 48.9 Å². The number of nitro groups is 1. The second-order valence-electron chi connectivity index (χ2n) is 6.84. The maximum Gasteiger partial charge on any atom is 0.416 e. The molecule has 0 saturated heterocycles. The lowest BCUT2D eigenvalue weighted by molar-refractivity contribution is -0.380. The molecule has 1 amide bonds. The summed E-state index contributed by atoms with van der Waals surface area (Å²) in [5, 5.41) is 16.0. The Bertz CT molecular complexity index is 1390. The molecule has 0 N–H and O–H groups in total. The van der Waals surface area contributed by atoms with E-state index in [2.05, 4.69) is 10.1 Å². The number of thiazole rings is 1. The van der Waals surface area contributed by atoms with E-state index in [9.17, 15) is 28.1 Å². The Morgan fingerprint density at radius 3 is 2.64 bits per heavy atom. The highest BCUT2D eigenvalue weighted by Crippen LogP contribution is 2.33. The summed E-state index contributed by atoms with van der Waals surface area (Å²) in [7, 11) is 0. The number of hydrogen-bond acceptors (Lipinski definition) is 7. The van der Waals surface area contributed by atoms with Crippen LogP contribution in [0.3, 0.4) is 0 Å². The maximum absolute atomic E-state index is 13.2. The van der Waals surface area contributed by atoms with Crippen molar-refractivity contribution in [1.82, 2.24) is 4.98 Å². The summed E-state index contributed by atoms with van der Waals surface area (Å²) >= 11 is 2.00. The van der Waals surface area contributed by atoms with Gasteiger partial charge in [-0.25, -0.2) is 4.98 Å². The minimum absolute atomic E-state index is 0.109. The highest BCUT2D eigenvalue weighted by Gasteiger charge is 2.32. The lowest BCUT2D eigenvalue weighted by Gasteiger charge is -2.15. The van der Waals surface area contributed by atoms with E-state index in [1.165, 1.54) is 24.4 Å². The Hall–Kier alpha value is -3.64. The van der Waals surface area contributed by atoms with Gasteiger partial charge < -0.3 is 0 Å². The molecule has 2 heterocycles. The SMILES string of the molecule is Cc1ccc2nc(N(/N=C/c3ccc([N+](=O)[O-])s3)C(=O)c3cccc(C(F)(F)F)c3)sc2c1. The standard InChI is InChI=1S/C21H13F3N4O3S2/c1-12-5-7-16-17(9-12)33-20(26-16)27(25-11-15-6-8-18(32-15)28(30)31)19(29)13-3-2-4-14(10-13)21(22,23)24/h2-11H,1H3/b25-11+. The number of alkyl halides is 3. The largest absolute Gasteiger partial charge is 0.416 e. The number of fused-ring (bicyclic) bond motifs is 1. The molecule has 0 spiro atoms.